The first-order valence-electron chi connectivity index (χ1n) is 10.9. The molecule has 0 saturated heterocycles. The van der Waals surface area contributed by atoms with Crippen LogP contribution >= 0.6 is 11.3 Å². The maximum Gasteiger partial charge on any atom is 0.263 e. The molecular weight excluding hydrogens is 422 g/mol. The lowest BCUT2D eigenvalue weighted by atomic mass is 9.95. The summed E-state index contributed by atoms with van der Waals surface area (Å²) in [6, 6.07) is 12.2. The van der Waals surface area contributed by atoms with Gasteiger partial charge in [0.2, 0.25) is 5.91 Å². The Morgan fingerprint density at radius 2 is 2.00 bits per heavy atom. The van der Waals surface area contributed by atoms with Gasteiger partial charge in [0.1, 0.15) is 9.71 Å². The number of nitrogens with one attached hydrogen (secondary N) is 2. The fourth-order valence-electron chi connectivity index (χ4n) is 3.96. The fourth-order valence-corrected chi connectivity index (χ4v) is 4.99. The molecule has 1 aliphatic heterocycles. The van der Waals surface area contributed by atoms with Crippen molar-refractivity contribution in [3.63, 3.8) is 0 Å². The standard InChI is InChI=1S/C25H29N3O3S/c1-15(10-11-17-8-6-5-7-9-17)26-23(30)22-21(27-16(2)29)19-12-18-14-31-25(3,4)13-20(18)28-24(19)32-22/h5-9,12,15H,10-11,13-14H2,1-4H3,(H,26,30)(H,27,29)/t15-/m1/s1. The molecule has 168 valence electrons. The van der Waals surface area contributed by atoms with E-state index in [1.54, 1.807) is 0 Å². The van der Waals surface area contributed by atoms with Crippen LogP contribution in [0.1, 0.15) is 60.6 Å². The highest BCUT2D eigenvalue weighted by atomic mass is 32.1. The number of hydrogen-bond donors (Lipinski definition) is 2. The zero-order chi connectivity index (χ0) is 22.9. The zero-order valence-corrected chi connectivity index (χ0v) is 19.8. The highest BCUT2D eigenvalue weighted by molar-refractivity contribution is 7.21. The number of aryl methyl sites for hydroxylation is 1. The topological polar surface area (TPSA) is 80.3 Å². The molecule has 0 unspecified atom stereocenters. The second-order valence-corrected chi connectivity index (χ2v) is 10.1. The van der Waals surface area contributed by atoms with Gasteiger partial charge >= 0.3 is 0 Å². The van der Waals surface area contributed by atoms with E-state index in [-0.39, 0.29) is 23.5 Å². The molecular formula is C25H29N3O3S. The van der Waals surface area contributed by atoms with E-state index < -0.39 is 0 Å². The van der Waals surface area contributed by atoms with Crippen molar-refractivity contribution in [2.24, 2.45) is 0 Å². The van der Waals surface area contributed by atoms with Crippen molar-refractivity contribution in [1.82, 2.24) is 10.3 Å². The van der Waals surface area contributed by atoms with Crippen LogP contribution in [0.4, 0.5) is 5.69 Å². The summed E-state index contributed by atoms with van der Waals surface area (Å²) in [7, 11) is 0. The third kappa shape index (κ3) is 5.00. The Kier molecular flexibility index (Phi) is 6.31. The van der Waals surface area contributed by atoms with Gasteiger partial charge < -0.3 is 15.4 Å². The summed E-state index contributed by atoms with van der Waals surface area (Å²) in [5.74, 6) is -0.405. The molecule has 0 fully saturated rings. The summed E-state index contributed by atoms with van der Waals surface area (Å²) in [5, 5.41) is 6.74. The number of benzene rings is 1. The lowest BCUT2D eigenvalue weighted by molar-refractivity contribution is -0.114. The summed E-state index contributed by atoms with van der Waals surface area (Å²) < 4.78 is 5.93. The molecule has 0 radical (unpaired) electrons. The molecule has 0 saturated carbocycles. The minimum atomic E-state index is -0.264. The summed E-state index contributed by atoms with van der Waals surface area (Å²) in [5.41, 5.74) is 3.51. The van der Waals surface area contributed by atoms with Crippen LogP contribution in [0.5, 0.6) is 0 Å². The minimum Gasteiger partial charge on any atom is -0.370 e. The molecule has 7 heteroatoms. The van der Waals surface area contributed by atoms with E-state index in [1.165, 1.54) is 23.8 Å². The number of thiophene rings is 1. The molecule has 0 aliphatic carbocycles. The molecule has 1 aromatic carbocycles. The van der Waals surface area contributed by atoms with Gasteiger partial charge in [0.15, 0.2) is 0 Å². The van der Waals surface area contributed by atoms with Crippen LogP contribution in [0.25, 0.3) is 10.2 Å². The predicted molar refractivity (Wildman–Crippen MR) is 128 cm³/mol. The molecule has 1 aliphatic rings. The van der Waals surface area contributed by atoms with E-state index in [0.29, 0.717) is 23.6 Å². The van der Waals surface area contributed by atoms with E-state index in [2.05, 4.69) is 36.6 Å². The monoisotopic (exact) mass is 451 g/mol. The first-order valence-corrected chi connectivity index (χ1v) is 11.7. The van der Waals surface area contributed by atoms with Crippen molar-refractivity contribution >= 4 is 39.1 Å². The van der Waals surface area contributed by atoms with Gasteiger partial charge in [0.25, 0.3) is 5.91 Å². The van der Waals surface area contributed by atoms with E-state index in [4.69, 9.17) is 9.72 Å². The number of aromatic nitrogens is 1. The average Bonchev–Trinajstić information content (AvgIpc) is 3.07. The maximum absolute atomic E-state index is 13.2. The molecule has 4 rings (SSSR count). The van der Waals surface area contributed by atoms with Crippen LogP contribution in [0.3, 0.4) is 0 Å². The molecule has 2 N–H and O–H groups in total. The molecule has 6 nitrogen and oxygen atoms in total. The van der Waals surface area contributed by atoms with Crippen LogP contribution in [0, 0.1) is 0 Å². The minimum absolute atomic E-state index is 0.00606. The Morgan fingerprint density at radius 3 is 2.72 bits per heavy atom. The number of rotatable bonds is 6. The number of nitrogens with zero attached hydrogens (tertiary/aromatic N) is 1. The summed E-state index contributed by atoms with van der Waals surface area (Å²) in [4.78, 5) is 31.1. The third-order valence-electron chi connectivity index (χ3n) is 5.66. The molecule has 32 heavy (non-hydrogen) atoms. The first-order chi connectivity index (χ1) is 15.2. The van der Waals surface area contributed by atoms with Crippen molar-refractivity contribution in [2.75, 3.05) is 5.32 Å². The van der Waals surface area contributed by atoms with Crippen LogP contribution in [-0.4, -0.2) is 28.4 Å². The highest BCUT2D eigenvalue weighted by Gasteiger charge is 2.29. The van der Waals surface area contributed by atoms with E-state index >= 15 is 0 Å². The molecule has 1 atom stereocenters. The Labute approximate surface area is 192 Å². The second-order valence-electron chi connectivity index (χ2n) is 9.06. The summed E-state index contributed by atoms with van der Waals surface area (Å²) >= 11 is 1.32. The van der Waals surface area contributed by atoms with Crippen molar-refractivity contribution in [3.8, 4) is 0 Å². The van der Waals surface area contributed by atoms with Gasteiger partial charge in [-0.3, -0.25) is 9.59 Å². The van der Waals surface area contributed by atoms with Crippen LogP contribution in [0.15, 0.2) is 36.4 Å². The van der Waals surface area contributed by atoms with E-state index in [0.717, 1.165) is 34.3 Å². The van der Waals surface area contributed by atoms with Gasteiger partial charge in [-0.15, -0.1) is 11.3 Å². The van der Waals surface area contributed by atoms with Crippen molar-refractivity contribution in [3.05, 3.63) is 58.1 Å². The Bertz CT molecular complexity index is 1150. The smallest absolute Gasteiger partial charge is 0.263 e. The first kappa shape index (κ1) is 22.4. The number of carbonyl (C=O) groups excluding carboxylic acids is 2. The summed E-state index contributed by atoms with van der Waals surface area (Å²) in [6.45, 7) is 8.02. The van der Waals surface area contributed by atoms with Crippen LogP contribution < -0.4 is 10.6 Å². The number of hydrogen-bond acceptors (Lipinski definition) is 5. The quantitative estimate of drug-likeness (QED) is 0.561. The van der Waals surface area contributed by atoms with Gasteiger partial charge in [-0.1, -0.05) is 30.3 Å². The normalized spacial score (nSPS) is 15.8. The van der Waals surface area contributed by atoms with Gasteiger partial charge in [-0.05, 0) is 45.2 Å². The zero-order valence-electron chi connectivity index (χ0n) is 19.0. The average molecular weight is 452 g/mol. The van der Waals surface area contributed by atoms with E-state index in [9.17, 15) is 9.59 Å². The molecule has 3 heterocycles. The van der Waals surface area contributed by atoms with Crippen molar-refractivity contribution < 1.29 is 14.3 Å². The second kappa shape index (κ2) is 9.00. The van der Waals surface area contributed by atoms with Crippen LogP contribution in [0.2, 0.25) is 0 Å². The molecule has 0 spiro atoms. The van der Waals surface area contributed by atoms with Gasteiger partial charge in [-0.25, -0.2) is 4.98 Å². The summed E-state index contributed by atoms with van der Waals surface area (Å²) in [6.07, 6.45) is 2.43. The third-order valence-corrected chi connectivity index (χ3v) is 6.75. The number of fused-ring (bicyclic) bond motifs is 2. The number of ether oxygens (including phenoxy) is 1. The number of pyridine rings is 1. The maximum atomic E-state index is 13.2. The lowest BCUT2D eigenvalue weighted by Gasteiger charge is -2.31. The number of anilines is 1. The Morgan fingerprint density at radius 1 is 1.25 bits per heavy atom. The van der Waals surface area contributed by atoms with E-state index in [1.807, 2.05) is 31.2 Å². The largest absolute Gasteiger partial charge is 0.370 e. The van der Waals surface area contributed by atoms with Gasteiger partial charge in [0.05, 0.1) is 23.6 Å². The number of amides is 2. The molecule has 2 amide bonds. The lowest BCUT2D eigenvalue weighted by Crippen LogP contribution is -2.33. The van der Waals surface area contributed by atoms with Crippen molar-refractivity contribution in [1.29, 1.82) is 0 Å². The van der Waals surface area contributed by atoms with Gasteiger partial charge in [0, 0.05) is 30.3 Å². The van der Waals surface area contributed by atoms with Crippen molar-refractivity contribution in [2.45, 2.75) is 65.2 Å². The SMILES string of the molecule is CC(=O)Nc1c(C(=O)N[C@H](C)CCc2ccccc2)sc2nc3c(cc12)COC(C)(C)C3. The predicted octanol–water partition coefficient (Wildman–Crippen LogP) is 4.86. The van der Waals surface area contributed by atoms with Crippen LogP contribution in [-0.2, 0) is 29.0 Å². The molecule has 0 bridgehead atoms. The molecule has 3 aromatic rings. The Balaban J connectivity index is 1.59. The fraction of sp³-hybridized carbons (Fsp3) is 0.400. The van der Waals surface area contributed by atoms with Gasteiger partial charge in [-0.2, -0.15) is 0 Å². The highest BCUT2D eigenvalue weighted by Crippen LogP contribution is 2.38. The number of carbonyl (C=O) groups is 2. The Hall–Kier alpha value is -2.77. The molecule has 2 aromatic heterocycles.